The van der Waals surface area contributed by atoms with Crippen LogP contribution in [0.1, 0.15) is 25.0 Å². The van der Waals surface area contributed by atoms with Crippen molar-refractivity contribution >= 4 is 21.4 Å². The molecule has 3 rings (SSSR count). The van der Waals surface area contributed by atoms with Crippen molar-refractivity contribution in [2.24, 2.45) is 0 Å². The van der Waals surface area contributed by atoms with Gasteiger partial charge in [0, 0.05) is 22.7 Å². The van der Waals surface area contributed by atoms with E-state index < -0.39 is 0 Å². The number of piperidine rings is 1. The molecule has 4 heteroatoms. The van der Waals surface area contributed by atoms with Crippen molar-refractivity contribution in [3.05, 3.63) is 34.8 Å². The zero-order chi connectivity index (χ0) is 11.7. The van der Waals surface area contributed by atoms with E-state index in [-0.39, 0.29) is 0 Å². The molecule has 0 N–H and O–H groups in total. The van der Waals surface area contributed by atoms with E-state index in [1.165, 1.54) is 43.6 Å². The summed E-state index contributed by atoms with van der Waals surface area (Å²) in [4.78, 5) is 7.02. The monoisotopic (exact) mass is 293 g/mol. The molecule has 0 radical (unpaired) electrons. The van der Waals surface area contributed by atoms with E-state index in [9.17, 15) is 0 Å². The Morgan fingerprint density at radius 3 is 2.82 bits per heavy atom. The number of likely N-dealkylation sites (tertiary alicyclic amines) is 1. The van der Waals surface area contributed by atoms with E-state index >= 15 is 0 Å². The normalized spacial score (nSPS) is 17.7. The number of rotatable bonds is 2. The molecule has 0 amide bonds. The Labute approximate surface area is 110 Å². The Balaban J connectivity index is 1.79. The molecule has 1 aliphatic heterocycles. The van der Waals surface area contributed by atoms with Gasteiger partial charge in [0.1, 0.15) is 0 Å². The Bertz CT molecular complexity index is 514. The largest absolute Gasteiger partial charge is 0.307 e. The number of nitrogens with zero attached hydrogens (tertiary/aromatic N) is 3. The van der Waals surface area contributed by atoms with Gasteiger partial charge in [-0.2, -0.15) is 0 Å². The summed E-state index contributed by atoms with van der Waals surface area (Å²) in [6, 6.07) is 4.31. The van der Waals surface area contributed by atoms with Gasteiger partial charge in [0.15, 0.2) is 0 Å². The molecule has 0 unspecified atom stereocenters. The number of hydrogen-bond donors (Lipinski definition) is 0. The standard InChI is InChI=1S/C13H16BrN3/c14-11-6-13-7-12(15-10-17(13)8-11)9-16-4-2-1-3-5-16/h6-8,10H,1-5,9H2. The minimum atomic E-state index is 0.985. The van der Waals surface area contributed by atoms with Gasteiger partial charge in [-0.15, -0.1) is 0 Å². The molecule has 1 aliphatic rings. The Kier molecular flexibility index (Phi) is 3.16. The highest BCUT2D eigenvalue weighted by atomic mass is 79.9. The number of aromatic nitrogens is 2. The van der Waals surface area contributed by atoms with E-state index in [0.717, 1.165) is 11.0 Å². The van der Waals surface area contributed by atoms with Gasteiger partial charge in [0.2, 0.25) is 0 Å². The summed E-state index contributed by atoms with van der Waals surface area (Å²) in [5.74, 6) is 0. The second-order valence-corrected chi connectivity index (χ2v) is 5.62. The maximum absolute atomic E-state index is 4.51. The third-order valence-corrected chi connectivity index (χ3v) is 3.78. The maximum atomic E-state index is 4.51. The summed E-state index contributed by atoms with van der Waals surface area (Å²) in [6.07, 6.45) is 7.98. The lowest BCUT2D eigenvalue weighted by atomic mass is 10.1. The van der Waals surface area contributed by atoms with Crippen molar-refractivity contribution in [3.8, 4) is 0 Å². The van der Waals surface area contributed by atoms with Crippen molar-refractivity contribution < 1.29 is 0 Å². The van der Waals surface area contributed by atoms with Gasteiger partial charge in [-0.25, -0.2) is 4.98 Å². The van der Waals surface area contributed by atoms with E-state index in [2.05, 4.69) is 37.9 Å². The lowest BCUT2D eigenvalue weighted by Crippen LogP contribution is -2.29. The van der Waals surface area contributed by atoms with E-state index in [1.807, 2.05) is 16.9 Å². The van der Waals surface area contributed by atoms with Gasteiger partial charge in [-0.1, -0.05) is 6.42 Å². The molecule has 1 fully saturated rings. The zero-order valence-corrected chi connectivity index (χ0v) is 11.4. The van der Waals surface area contributed by atoms with Crippen LogP contribution in [0.5, 0.6) is 0 Å². The summed E-state index contributed by atoms with van der Waals surface area (Å²) >= 11 is 3.49. The lowest BCUT2D eigenvalue weighted by Gasteiger charge is -2.25. The second-order valence-electron chi connectivity index (χ2n) is 4.71. The predicted octanol–water partition coefficient (Wildman–Crippen LogP) is 3.08. The van der Waals surface area contributed by atoms with Crippen LogP contribution in [-0.2, 0) is 6.54 Å². The molecule has 3 heterocycles. The highest BCUT2D eigenvalue weighted by Gasteiger charge is 2.11. The summed E-state index contributed by atoms with van der Waals surface area (Å²) in [6.45, 7) is 3.43. The quantitative estimate of drug-likeness (QED) is 0.848. The topological polar surface area (TPSA) is 20.5 Å². The van der Waals surface area contributed by atoms with Crippen LogP contribution in [0, 0.1) is 0 Å². The number of hydrogen-bond acceptors (Lipinski definition) is 2. The number of fused-ring (bicyclic) bond motifs is 1. The Morgan fingerprint density at radius 1 is 1.18 bits per heavy atom. The first-order valence-electron chi connectivity index (χ1n) is 6.16. The summed E-state index contributed by atoms with van der Waals surface area (Å²) < 4.78 is 3.15. The molecule has 0 aliphatic carbocycles. The molecule has 2 aromatic rings. The molecule has 1 saturated heterocycles. The Morgan fingerprint density at radius 2 is 2.00 bits per heavy atom. The van der Waals surface area contributed by atoms with Crippen LogP contribution in [-0.4, -0.2) is 27.4 Å². The third-order valence-electron chi connectivity index (χ3n) is 3.34. The minimum Gasteiger partial charge on any atom is -0.307 e. The SMILES string of the molecule is Brc1cc2cc(CN3CCCCC3)ncn2c1. The van der Waals surface area contributed by atoms with Gasteiger partial charge >= 0.3 is 0 Å². The predicted molar refractivity (Wildman–Crippen MR) is 72.0 cm³/mol. The van der Waals surface area contributed by atoms with Crippen LogP contribution < -0.4 is 0 Å². The summed E-state index contributed by atoms with van der Waals surface area (Å²) in [5, 5.41) is 0. The van der Waals surface area contributed by atoms with E-state index in [1.54, 1.807) is 0 Å². The fraction of sp³-hybridized carbons (Fsp3) is 0.462. The van der Waals surface area contributed by atoms with Crippen LogP contribution in [0.2, 0.25) is 0 Å². The highest BCUT2D eigenvalue weighted by Crippen LogP contribution is 2.17. The molecule has 0 saturated carbocycles. The van der Waals surface area contributed by atoms with Crippen LogP contribution in [0.3, 0.4) is 0 Å². The fourth-order valence-corrected chi connectivity index (χ4v) is 2.91. The van der Waals surface area contributed by atoms with Crippen LogP contribution >= 0.6 is 15.9 Å². The van der Waals surface area contributed by atoms with Crippen molar-refractivity contribution in [2.75, 3.05) is 13.1 Å². The Hall–Kier alpha value is -0.870. The molecule has 3 nitrogen and oxygen atoms in total. The van der Waals surface area contributed by atoms with Gasteiger partial charge < -0.3 is 4.40 Å². The van der Waals surface area contributed by atoms with E-state index in [4.69, 9.17) is 0 Å². The molecular formula is C13H16BrN3. The van der Waals surface area contributed by atoms with E-state index in [0.29, 0.717) is 0 Å². The smallest absolute Gasteiger partial charge is 0.0994 e. The molecule has 17 heavy (non-hydrogen) atoms. The average molecular weight is 294 g/mol. The van der Waals surface area contributed by atoms with Crippen molar-refractivity contribution in [3.63, 3.8) is 0 Å². The molecule has 0 spiro atoms. The van der Waals surface area contributed by atoms with Gasteiger partial charge in [-0.3, -0.25) is 4.90 Å². The fourth-order valence-electron chi connectivity index (χ4n) is 2.45. The van der Waals surface area contributed by atoms with Crippen LogP contribution in [0.4, 0.5) is 0 Å². The van der Waals surface area contributed by atoms with Crippen molar-refractivity contribution in [2.45, 2.75) is 25.8 Å². The maximum Gasteiger partial charge on any atom is 0.0994 e. The lowest BCUT2D eigenvalue weighted by molar-refractivity contribution is 0.218. The van der Waals surface area contributed by atoms with Gasteiger partial charge in [-0.05, 0) is 54.0 Å². The van der Waals surface area contributed by atoms with Gasteiger partial charge in [0.25, 0.3) is 0 Å². The third kappa shape index (κ3) is 2.53. The molecule has 0 aromatic carbocycles. The van der Waals surface area contributed by atoms with Crippen molar-refractivity contribution in [1.82, 2.24) is 14.3 Å². The summed E-state index contributed by atoms with van der Waals surface area (Å²) in [7, 11) is 0. The first-order chi connectivity index (χ1) is 8.31. The minimum absolute atomic E-state index is 0.985. The first kappa shape index (κ1) is 11.2. The van der Waals surface area contributed by atoms with Crippen LogP contribution in [0.25, 0.3) is 5.52 Å². The molecular weight excluding hydrogens is 278 g/mol. The number of halogens is 1. The molecule has 0 bridgehead atoms. The molecule has 0 atom stereocenters. The van der Waals surface area contributed by atoms with Crippen molar-refractivity contribution in [1.29, 1.82) is 0 Å². The summed E-state index contributed by atoms with van der Waals surface area (Å²) in [5.41, 5.74) is 2.38. The van der Waals surface area contributed by atoms with Crippen LogP contribution in [0.15, 0.2) is 29.1 Å². The first-order valence-corrected chi connectivity index (χ1v) is 6.95. The second kappa shape index (κ2) is 4.78. The zero-order valence-electron chi connectivity index (χ0n) is 9.77. The molecule has 90 valence electrons. The average Bonchev–Trinajstić information content (AvgIpc) is 2.70. The van der Waals surface area contributed by atoms with Gasteiger partial charge in [0.05, 0.1) is 12.0 Å². The molecule has 2 aromatic heterocycles. The highest BCUT2D eigenvalue weighted by molar-refractivity contribution is 9.10.